The van der Waals surface area contributed by atoms with E-state index in [-0.39, 0.29) is 6.61 Å². The molecule has 0 aliphatic carbocycles. The van der Waals surface area contributed by atoms with E-state index < -0.39 is 0 Å². The number of fused-ring (bicyclic) bond motifs is 1. The molecule has 98 valence electrons. The van der Waals surface area contributed by atoms with Crippen LogP contribution in [-0.4, -0.2) is 21.3 Å². The van der Waals surface area contributed by atoms with Crippen molar-refractivity contribution in [2.45, 2.75) is 33.2 Å². The van der Waals surface area contributed by atoms with Crippen molar-refractivity contribution in [3.8, 4) is 0 Å². The largest absolute Gasteiger partial charge is 0.396 e. The Hall–Kier alpha value is -1.06. The molecule has 18 heavy (non-hydrogen) atoms. The van der Waals surface area contributed by atoms with Crippen LogP contribution >= 0.6 is 11.6 Å². The standard InChI is InChI=1S/C14H19ClN2O/c1-10(2)9-17-13-8-11(15)5-6-12(13)16-14(17)4-3-7-18/h5-6,8,10,18H,3-4,7,9H2,1-2H3. The molecule has 0 amide bonds. The highest BCUT2D eigenvalue weighted by molar-refractivity contribution is 6.31. The van der Waals surface area contributed by atoms with Crippen molar-refractivity contribution in [1.29, 1.82) is 0 Å². The number of aromatic nitrogens is 2. The average molecular weight is 267 g/mol. The van der Waals surface area contributed by atoms with E-state index in [1.807, 2.05) is 18.2 Å². The highest BCUT2D eigenvalue weighted by Gasteiger charge is 2.11. The number of benzene rings is 1. The molecule has 1 heterocycles. The Kier molecular flexibility index (Phi) is 4.25. The monoisotopic (exact) mass is 266 g/mol. The maximum absolute atomic E-state index is 8.96. The molecule has 1 aromatic heterocycles. The molecule has 2 rings (SSSR count). The van der Waals surface area contributed by atoms with Gasteiger partial charge >= 0.3 is 0 Å². The van der Waals surface area contributed by atoms with E-state index in [4.69, 9.17) is 16.7 Å². The van der Waals surface area contributed by atoms with Gasteiger partial charge in [-0.05, 0) is 30.5 Å². The van der Waals surface area contributed by atoms with Gasteiger partial charge in [-0.1, -0.05) is 25.4 Å². The van der Waals surface area contributed by atoms with Crippen LogP contribution in [0.2, 0.25) is 5.02 Å². The zero-order valence-electron chi connectivity index (χ0n) is 10.9. The second-order valence-electron chi connectivity index (χ2n) is 4.99. The number of hydrogen-bond acceptors (Lipinski definition) is 2. The third kappa shape index (κ3) is 2.85. The maximum Gasteiger partial charge on any atom is 0.109 e. The zero-order chi connectivity index (χ0) is 13.1. The van der Waals surface area contributed by atoms with Gasteiger partial charge in [0.15, 0.2) is 0 Å². The average Bonchev–Trinajstić information content (AvgIpc) is 2.64. The summed E-state index contributed by atoms with van der Waals surface area (Å²) in [4.78, 5) is 4.64. The first-order chi connectivity index (χ1) is 8.61. The zero-order valence-corrected chi connectivity index (χ0v) is 11.6. The number of halogens is 1. The number of aryl methyl sites for hydroxylation is 1. The lowest BCUT2D eigenvalue weighted by Crippen LogP contribution is -2.09. The van der Waals surface area contributed by atoms with Gasteiger partial charge in [0.05, 0.1) is 11.0 Å². The summed E-state index contributed by atoms with van der Waals surface area (Å²) >= 11 is 6.06. The van der Waals surface area contributed by atoms with Crippen molar-refractivity contribution in [3.05, 3.63) is 29.0 Å². The minimum absolute atomic E-state index is 0.200. The molecular formula is C14H19ClN2O. The molecule has 0 atom stereocenters. The molecule has 1 aromatic carbocycles. The van der Waals surface area contributed by atoms with Gasteiger partial charge in [0.25, 0.3) is 0 Å². The molecule has 4 heteroatoms. The van der Waals surface area contributed by atoms with Crippen LogP contribution in [0.1, 0.15) is 26.1 Å². The van der Waals surface area contributed by atoms with Gasteiger partial charge in [0.1, 0.15) is 5.82 Å². The Morgan fingerprint density at radius 3 is 2.83 bits per heavy atom. The third-order valence-electron chi connectivity index (χ3n) is 2.90. The van der Waals surface area contributed by atoms with Gasteiger partial charge in [-0.3, -0.25) is 0 Å². The SMILES string of the molecule is CC(C)Cn1c(CCCO)nc2ccc(Cl)cc21. The summed E-state index contributed by atoms with van der Waals surface area (Å²) < 4.78 is 2.22. The Morgan fingerprint density at radius 2 is 2.17 bits per heavy atom. The van der Waals surface area contributed by atoms with Crippen LogP contribution in [-0.2, 0) is 13.0 Å². The van der Waals surface area contributed by atoms with Crippen LogP contribution < -0.4 is 0 Å². The highest BCUT2D eigenvalue weighted by atomic mass is 35.5. The van der Waals surface area contributed by atoms with Crippen molar-refractivity contribution in [2.24, 2.45) is 5.92 Å². The molecule has 2 aromatic rings. The van der Waals surface area contributed by atoms with E-state index in [0.29, 0.717) is 5.92 Å². The molecule has 0 saturated carbocycles. The molecule has 0 bridgehead atoms. The quantitative estimate of drug-likeness (QED) is 0.902. The van der Waals surface area contributed by atoms with Crippen LogP contribution in [0, 0.1) is 5.92 Å². The van der Waals surface area contributed by atoms with Crippen molar-refractivity contribution in [2.75, 3.05) is 6.61 Å². The minimum Gasteiger partial charge on any atom is -0.396 e. The molecule has 0 saturated heterocycles. The summed E-state index contributed by atoms with van der Waals surface area (Å²) in [6, 6.07) is 5.79. The Balaban J connectivity index is 2.47. The van der Waals surface area contributed by atoms with E-state index in [0.717, 1.165) is 41.3 Å². The third-order valence-corrected chi connectivity index (χ3v) is 3.13. The lowest BCUT2D eigenvalue weighted by Gasteiger charge is -2.11. The predicted molar refractivity (Wildman–Crippen MR) is 75.0 cm³/mol. The molecule has 0 aliphatic rings. The van der Waals surface area contributed by atoms with E-state index in [2.05, 4.69) is 23.4 Å². The van der Waals surface area contributed by atoms with Gasteiger partial charge in [0, 0.05) is 24.6 Å². The lowest BCUT2D eigenvalue weighted by molar-refractivity contribution is 0.286. The van der Waals surface area contributed by atoms with Gasteiger partial charge in [-0.2, -0.15) is 0 Å². The number of hydrogen-bond donors (Lipinski definition) is 1. The molecular weight excluding hydrogens is 248 g/mol. The number of aliphatic hydroxyl groups is 1. The number of aliphatic hydroxyl groups excluding tert-OH is 1. The van der Waals surface area contributed by atoms with E-state index in [1.165, 1.54) is 0 Å². The summed E-state index contributed by atoms with van der Waals surface area (Å²) in [5.74, 6) is 1.59. The smallest absolute Gasteiger partial charge is 0.109 e. The molecule has 0 radical (unpaired) electrons. The lowest BCUT2D eigenvalue weighted by atomic mass is 10.2. The Bertz CT molecular complexity index is 534. The van der Waals surface area contributed by atoms with Crippen molar-refractivity contribution in [3.63, 3.8) is 0 Å². The molecule has 0 spiro atoms. The highest BCUT2D eigenvalue weighted by Crippen LogP contribution is 2.22. The fourth-order valence-electron chi connectivity index (χ4n) is 2.14. The second kappa shape index (κ2) is 5.72. The Labute approximate surface area is 112 Å². The molecule has 0 fully saturated rings. The Morgan fingerprint density at radius 1 is 1.39 bits per heavy atom. The van der Waals surface area contributed by atoms with Crippen LogP contribution in [0.5, 0.6) is 0 Å². The van der Waals surface area contributed by atoms with E-state index in [1.54, 1.807) is 0 Å². The van der Waals surface area contributed by atoms with Gasteiger partial charge in [-0.25, -0.2) is 4.98 Å². The number of rotatable bonds is 5. The summed E-state index contributed by atoms with van der Waals surface area (Å²) in [5.41, 5.74) is 2.07. The minimum atomic E-state index is 0.200. The van der Waals surface area contributed by atoms with Crippen molar-refractivity contribution in [1.82, 2.24) is 9.55 Å². The van der Waals surface area contributed by atoms with Gasteiger partial charge in [-0.15, -0.1) is 0 Å². The van der Waals surface area contributed by atoms with Crippen LogP contribution in [0.3, 0.4) is 0 Å². The van der Waals surface area contributed by atoms with E-state index >= 15 is 0 Å². The summed E-state index contributed by atoms with van der Waals surface area (Å²) in [7, 11) is 0. The fraction of sp³-hybridized carbons (Fsp3) is 0.500. The fourth-order valence-corrected chi connectivity index (χ4v) is 2.31. The summed E-state index contributed by atoms with van der Waals surface area (Å²) in [5, 5.41) is 9.70. The first kappa shape index (κ1) is 13.4. The molecule has 0 unspecified atom stereocenters. The van der Waals surface area contributed by atoms with Crippen molar-refractivity contribution >= 4 is 22.6 Å². The second-order valence-corrected chi connectivity index (χ2v) is 5.43. The molecule has 1 N–H and O–H groups in total. The van der Waals surface area contributed by atoms with E-state index in [9.17, 15) is 0 Å². The van der Waals surface area contributed by atoms with Gasteiger partial charge in [0.2, 0.25) is 0 Å². The molecule has 3 nitrogen and oxygen atoms in total. The first-order valence-corrected chi connectivity index (χ1v) is 6.75. The normalized spacial score (nSPS) is 11.6. The van der Waals surface area contributed by atoms with Crippen LogP contribution in [0.25, 0.3) is 11.0 Å². The predicted octanol–water partition coefficient (Wildman–Crippen LogP) is 3.27. The number of imidazole rings is 1. The van der Waals surface area contributed by atoms with Gasteiger partial charge < -0.3 is 9.67 Å². The molecule has 0 aliphatic heterocycles. The summed E-state index contributed by atoms with van der Waals surface area (Å²) in [6.45, 7) is 5.50. The summed E-state index contributed by atoms with van der Waals surface area (Å²) in [6.07, 6.45) is 1.55. The van der Waals surface area contributed by atoms with Crippen LogP contribution in [0.4, 0.5) is 0 Å². The van der Waals surface area contributed by atoms with Crippen molar-refractivity contribution < 1.29 is 5.11 Å². The van der Waals surface area contributed by atoms with Crippen LogP contribution in [0.15, 0.2) is 18.2 Å². The topological polar surface area (TPSA) is 38.0 Å². The number of nitrogens with zero attached hydrogens (tertiary/aromatic N) is 2. The maximum atomic E-state index is 8.96. The first-order valence-electron chi connectivity index (χ1n) is 6.37.